The van der Waals surface area contributed by atoms with Crippen LogP contribution in [0, 0.1) is 0 Å². The molecule has 192 valence electrons. The van der Waals surface area contributed by atoms with Crippen molar-refractivity contribution in [2.24, 2.45) is 0 Å². The highest BCUT2D eigenvalue weighted by atomic mass is 35.5. The third kappa shape index (κ3) is 5.94. The number of hydrogen-bond donors (Lipinski definition) is 0. The van der Waals surface area contributed by atoms with Crippen molar-refractivity contribution in [3.05, 3.63) is 101 Å². The van der Waals surface area contributed by atoms with Crippen molar-refractivity contribution >= 4 is 23.3 Å². The van der Waals surface area contributed by atoms with E-state index in [1.165, 1.54) is 18.1 Å². The maximum atomic E-state index is 14.3. The van der Waals surface area contributed by atoms with Crippen LogP contribution in [0.25, 0.3) is 11.1 Å². The van der Waals surface area contributed by atoms with E-state index in [-0.39, 0.29) is 24.3 Å². The number of carbonyl (C=O) groups excluding carboxylic acids is 1. The van der Waals surface area contributed by atoms with E-state index in [2.05, 4.69) is 9.97 Å². The molecular formula is C27H25ClF3N5O. The molecule has 0 aliphatic rings. The predicted molar refractivity (Wildman–Crippen MR) is 138 cm³/mol. The summed E-state index contributed by atoms with van der Waals surface area (Å²) in [5.41, 5.74) is 0.780. The third-order valence-electron chi connectivity index (χ3n) is 5.80. The number of halogens is 4. The van der Waals surface area contributed by atoms with Gasteiger partial charge in [0, 0.05) is 38.3 Å². The van der Waals surface area contributed by atoms with Gasteiger partial charge in [-0.05, 0) is 29.3 Å². The van der Waals surface area contributed by atoms with Crippen molar-refractivity contribution in [3.63, 3.8) is 0 Å². The quantitative estimate of drug-likeness (QED) is 0.296. The fourth-order valence-electron chi connectivity index (χ4n) is 3.98. The van der Waals surface area contributed by atoms with Gasteiger partial charge in [0.05, 0.1) is 24.6 Å². The van der Waals surface area contributed by atoms with E-state index in [0.717, 1.165) is 10.6 Å². The molecule has 0 aliphatic carbocycles. The molecule has 0 saturated heterocycles. The summed E-state index contributed by atoms with van der Waals surface area (Å²) >= 11 is 6.02. The Balaban J connectivity index is 1.83. The van der Waals surface area contributed by atoms with E-state index < -0.39 is 17.8 Å². The maximum absolute atomic E-state index is 14.3. The van der Waals surface area contributed by atoms with Crippen LogP contribution in [0.5, 0.6) is 0 Å². The summed E-state index contributed by atoms with van der Waals surface area (Å²) in [6, 6.07) is 16.1. The zero-order chi connectivity index (χ0) is 26.7. The van der Waals surface area contributed by atoms with Crippen LogP contribution in [-0.2, 0) is 19.3 Å². The number of aromatic nitrogens is 3. The summed E-state index contributed by atoms with van der Waals surface area (Å²) in [6.45, 7) is -0.0699. The van der Waals surface area contributed by atoms with E-state index in [1.54, 1.807) is 65.7 Å². The molecule has 1 amide bonds. The van der Waals surface area contributed by atoms with Crippen LogP contribution in [0.3, 0.4) is 0 Å². The van der Waals surface area contributed by atoms with E-state index >= 15 is 0 Å². The van der Waals surface area contributed by atoms with Gasteiger partial charge >= 0.3 is 6.18 Å². The molecule has 0 radical (unpaired) electrons. The number of nitrogens with zero attached hydrogens (tertiary/aromatic N) is 5. The minimum Gasteiger partial charge on any atom is -0.361 e. The second-order valence-corrected chi connectivity index (χ2v) is 9.23. The number of anilines is 1. The van der Waals surface area contributed by atoms with E-state index in [1.807, 2.05) is 14.1 Å². The molecule has 0 fully saturated rings. The van der Waals surface area contributed by atoms with Gasteiger partial charge in [0.25, 0.3) is 5.91 Å². The Morgan fingerprint density at radius 1 is 1.00 bits per heavy atom. The third-order valence-corrected chi connectivity index (χ3v) is 6.06. The van der Waals surface area contributed by atoms with Crippen LogP contribution in [-0.4, -0.2) is 46.5 Å². The average Bonchev–Trinajstić information content (AvgIpc) is 3.24. The number of amides is 1. The summed E-state index contributed by atoms with van der Waals surface area (Å²) in [7, 11) is 5.16. The number of rotatable bonds is 7. The van der Waals surface area contributed by atoms with Crippen molar-refractivity contribution in [1.82, 2.24) is 19.4 Å². The SMILES string of the molecule is CN(Cc1cncc(N(C)C)n1)C(=O)c1c(-c2ccc(Cl)cc2)cc(C(F)(F)F)n1Cc1ccccc1. The van der Waals surface area contributed by atoms with Crippen LogP contribution in [0.2, 0.25) is 5.02 Å². The number of benzene rings is 2. The van der Waals surface area contributed by atoms with Gasteiger partial charge in [-0.1, -0.05) is 54.1 Å². The first-order valence-electron chi connectivity index (χ1n) is 11.4. The standard InChI is InChI=1S/C27H25ClF3N5O/c1-34(2)24-15-32-14-21(33-24)17-35(3)26(37)25-22(19-9-11-20(28)12-10-19)13-23(27(29,30)31)36(25)16-18-7-5-4-6-8-18/h4-15H,16-17H2,1-3H3. The molecule has 0 N–H and O–H groups in total. The highest BCUT2D eigenvalue weighted by molar-refractivity contribution is 6.30. The molecule has 0 aliphatic heterocycles. The van der Waals surface area contributed by atoms with Gasteiger partial charge in [-0.15, -0.1) is 0 Å². The average molecular weight is 528 g/mol. The monoisotopic (exact) mass is 527 g/mol. The van der Waals surface area contributed by atoms with E-state index in [4.69, 9.17) is 11.6 Å². The Bertz CT molecular complexity index is 1390. The molecule has 2 aromatic carbocycles. The lowest BCUT2D eigenvalue weighted by molar-refractivity contribution is -0.143. The van der Waals surface area contributed by atoms with Crippen molar-refractivity contribution in [2.45, 2.75) is 19.3 Å². The van der Waals surface area contributed by atoms with Crippen LogP contribution in [0.4, 0.5) is 19.0 Å². The number of alkyl halides is 3. The van der Waals surface area contributed by atoms with Crippen molar-refractivity contribution in [2.75, 3.05) is 26.0 Å². The van der Waals surface area contributed by atoms with Crippen molar-refractivity contribution in [1.29, 1.82) is 0 Å². The Kier molecular flexibility index (Phi) is 7.54. The zero-order valence-corrected chi connectivity index (χ0v) is 21.3. The molecule has 10 heteroatoms. The summed E-state index contributed by atoms with van der Waals surface area (Å²) in [5, 5.41) is 0.438. The zero-order valence-electron chi connectivity index (χ0n) is 20.5. The van der Waals surface area contributed by atoms with Crippen LogP contribution < -0.4 is 4.90 Å². The lowest BCUT2D eigenvalue weighted by Crippen LogP contribution is -2.30. The Labute approximate surface area is 217 Å². The molecule has 2 heterocycles. The first-order chi connectivity index (χ1) is 17.5. The fraction of sp³-hybridized carbons (Fsp3) is 0.222. The highest BCUT2D eigenvalue weighted by Gasteiger charge is 2.38. The lowest BCUT2D eigenvalue weighted by atomic mass is 10.0. The molecule has 2 aromatic heterocycles. The second-order valence-electron chi connectivity index (χ2n) is 8.79. The Hall–Kier alpha value is -3.85. The number of carbonyl (C=O) groups is 1. The summed E-state index contributed by atoms with van der Waals surface area (Å²) in [6.07, 6.45) is -1.57. The lowest BCUT2D eigenvalue weighted by Gasteiger charge is -2.21. The van der Waals surface area contributed by atoms with Crippen LogP contribution in [0.1, 0.15) is 27.4 Å². The number of hydrogen-bond acceptors (Lipinski definition) is 4. The normalized spacial score (nSPS) is 11.4. The molecule has 0 bridgehead atoms. The Morgan fingerprint density at radius 2 is 1.68 bits per heavy atom. The molecular weight excluding hydrogens is 503 g/mol. The second kappa shape index (κ2) is 10.6. The first-order valence-corrected chi connectivity index (χ1v) is 11.8. The first kappa shape index (κ1) is 26.2. The summed E-state index contributed by atoms with van der Waals surface area (Å²) in [5.74, 6) is 0.0282. The van der Waals surface area contributed by atoms with Crippen molar-refractivity contribution < 1.29 is 18.0 Å². The largest absolute Gasteiger partial charge is 0.431 e. The minimum absolute atomic E-state index is 0.0610. The molecule has 4 rings (SSSR count). The summed E-state index contributed by atoms with van der Waals surface area (Å²) < 4.78 is 43.8. The van der Waals surface area contributed by atoms with Gasteiger partial charge in [-0.3, -0.25) is 9.78 Å². The molecule has 37 heavy (non-hydrogen) atoms. The van der Waals surface area contributed by atoms with Gasteiger partial charge in [0.15, 0.2) is 0 Å². The fourth-order valence-corrected chi connectivity index (χ4v) is 4.10. The molecule has 0 spiro atoms. The van der Waals surface area contributed by atoms with Gasteiger partial charge < -0.3 is 14.4 Å². The van der Waals surface area contributed by atoms with Gasteiger partial charge in [-0.2, -0.15) is 13.2 Å². The van der Waals surface area contributed by atoms with Gasteiger partial charge in [0.2, 0.25) is 0 Å². The maximum Gasteiger partial charge on any atom is 0.431 e. The van der Waals surface area contributed by atoms with Crippen LogP contribution in [0.15, 0.2) is 73.1 Å². The molecule has 0 atom stereocenters. The molecule has 4 aromatic rings. The summed E-state index contributed by atoms with van der Waals surface area (Å²) in [4.78, 5) is 25.6. The van der Waals surface area contributed by atoms with Crippen LogP contribution >= 0.6 is 11.6 Å². The van der Waals surface area contributed by atoms with Gasteiger partial charge in [0.1, 0.15) is 17.2 Å². The molecule has 0 unspecified atom stereocenters. The van der Waals surface area contributed by atoms with E-state index in [9.17, 15) is 18.0 Å². The molecule has 0 saturated carbocycles. The smallest absolute Gasteiger partial charge is 0.361 e. The topological polar surface area (TPSA) is 54.3 Å². The highest BCUT2D eigenvalue weighted by Crippen LogP contribution is 2.38. The minimum atomic E-state index is -4.68. The Morgan fingerprint density at radius 3 is 2.30 bits per heavy atom. The van der Waals surface area contributed by atoms with Gasteiger partial charge in [-0.25, -0.2) is 4.98 Å². The van der Waals surface area contributed by atoms with E-state index in [0.29, 0.717) is 27.7 Å². The van der Waals surface area contributed by atoms with Crippen molar-refractivity contribution in [3.8, 4) is 11.1 Å². The predicted octanol–water partition coefficient (Wildman–Crippen LogP) is 6.00. The molecule has 6 nitrogen and oxygen atoms in total.